The zero-order chi connectivity index (χ0) is 25.9. The molecule has 2 aromatic carbocycles. The van der Waals surface area contributed by atoms with E-state index >= 15 is 0 Å². The first-order chi connectivity index (χ1) is 17.3. The lowest BCUT2D eigenvalue weighted by molar-refractivity contribution is -0.140. The van der Waals surface area contributed by atoms with Crippen LogP contribution in [0.4, 0.5) is 4.39 Å². The summed E-state index contributed by atoms with van der Waals surface area (Å²) < 4.78 is 47.2. The fourth-order valence-corrected chi connectivity index (χ4v) is 6.22. The number of methoxy groups -OCH3 is 1. The third-order valence-electron chi connectivity index (χ3n) is 6.57. The standard InChI is InChI=1S/C26H29FN2O6S/c1-35-17-7-16-29-23(20-8-3-4-9-21(20)27)22(25(31)26(29)32)24(30)18-10-12-19(13-11-18)36(33,34)28-14-5-2-6-15-28/h3-4,8-13,23,30H,2,5-7,14-17H2,1H3/b24-22-. The number of carbonyl (C=O) groups is 2. The molecule has 1 amide bonds. The Morgan fingerprint density at radius 3 is 2.36 bits per heavy atom. The van der Waals surface area contributed by atoms with E-state index < -0.39 is 39.3 Å². The van der Waals surface area contributed by atoms with Gasteiger partial charge < -0.3 is 14.7 Å². The van der Waals surface area contributed by atoms with Crippen molar-refractivity contribution in [3.05, 3.63) is 71.0 Å². The predicted molar refractivity (Wildman–Crippen MR) is 131 cm³/mol. The van der Waals surface area contributed by atoms with Gasteiger partial charge in [-0.15, -0.1) is 0 Å². The number of carbonyl (C=O) groups excluding carboxylic acids is 2. The van der Waals surface area contributed by atoms with Crippen molar-refractivity contribution < 1.29 is 32.2 Å². The summed E-state index contributed by atoms with van der Waals surface area (Å²) >= 11 is 0. The average Bonchev–Trinajstić information content (AvgIpc) is 3.14. The van der Waals surface area contributed by atoms with Crippen molar-refractivity contribution in [1.29, 1.82) is 0 Å². The molecule has 2 aliphatic heterocycles. The van der Waals surface area contributed by atoms with E-state index in [9.17, 15) is 27.5 Å². The Morgan fingerprint density at radius 1 is 1.06 bits per heavy atom. The maximum Gasteiger partial charge on any atom is 0.295 e. The molecule has 1 unspecified atom stereocenters. The molecule has 10 heteroatoms. The minimum Gasteiger partial charge on any atom is -0.507 e. The molecule has 1 N–H and O–H groups in total. The molecular formula is C26H29FN2O6S. The summed E-state index contributed by atoms with van der Waals surface area (Å²) in [7, 11) is -2.17. The summed E-state index contributed by atoms with van der Waals surface area (Å²) in [4.78, 5) is 27.2. The SMILES string of the molecule is COCCCN1C(=O)C(=O)/C(=C(\O)c2ccc(S(=O)(=O)N3CCCCC3)cc2)C1c1ccccc1F. The van der Waals surface area contributed by atoms with Gasteiger partial charge in [-0.25, -0.2) is 12.8 Å². The zero-order valence-electron chi connectivity index (χ0n) is 20.0. The number of benzene rings is 2. The highest BCUT2D eigenvalue weighted by Gasteiger charge is 2.46. The minimum absolute atomic E-state index is 0.0756. The third kappa shape index (κ3) is 4.93. The van der Waals surface area contributed by atoms with Crippen LogP contribution in [-0.2, 0) is 24.3 Å². The largest absolute Gasteiger partial charge is 0.507 e. The van der Waals surface area contributed by atoms with Gasteiger partial charge in [-0.3, -0.25) is 9.59 Å². The number of ether oxygens (including phenoxy) is 1. The second-order valence-corrected chi connectivity index (χ2v) is 10.8. The van der Waals surface area contributed by atoms with Crippen LogP contribution in [0.3, 0.4) is 0 Å². The summed E-state index contributed by atoms with van der Waals surface area (Å²) in [6.45, 7) is 1.37. The highest BCUT2D eigenvalue weighted by atomic mass is 32.2. The fraction of sp³-hybridized carbons (Fsp3) is 0.385. The van der Waals surface area contributed by atoms with Crippen molar-refractivity contribution in [2.45, 2.75) is 36.6 Å². The highest BCUT2D eigenvalue weighted by Crippen LogP contribution is 2.40. The van der Waals surface area contributed by atoms with Crippen molar-refractivity contribution in [2.75, 3.05) is 33.4 Å². The number of sulfonamides is 1. The van der Waals surface area contributed by atoms with E-state index in [-0.39, 0.29) is 28.1 Å². The van der Waals surface area contributed by atoms with E-state index in [1.807, 2.05) is 0 Å². The van der Waals surface area contributed by atoms with Crippen LogP contribution in [0.5, 0.6) is 0 Å². The molecule has 2 heterocycles. The third-order valence-corrected chi connectivity index (χ3v) is 8.48. The Bertz CT molecular complexity index is 1270. The van der Waals surface area contributed by atoms with Crippen molar-refractivity contribution in [2.24, 2.45) is 0 Å². The lowest BCUT2D eigenvalue weighted by Gasteiger charge is -2.26. The molecule has 0 aromatic heterocycles. The second kappa shape index (κ2) is 10.9. The summed E-state index contributed by atoms with van der Waals surface area (Å²) in [5.41, 5.74) is -0.00190. The molecule has 36 heavy (non-hydrogen) atoms. The van der Waals surface area contributed by atoms with E-state index in [1.165, 1.54) is 58.8 Å². The molecule has 1 atom stereocenters. The van der Waals surface area contributed by atoms with Crippen molar-refractivity contribution in [3.63, 3.8) is 0 Å². The van der Waals surface area contributed by atoms with Crippen LogP contribution in [0.25, 0.3) is 5.76 Å². The number of Topliss-reactive ketones (excluding diaryl/α,β-unsaturated/α-hetero) is 1. The number of ketones is 1. The molecule has 0 spiro atoms. The van der Waals surface area contributed by atoms with Crippen LogP contribution < -0.4 is 0 Å². The summed E-state index contributed by atoms with van der Waals surface area (Å²) in [5, 5.41) is 11.1. The van der Waals surface area contributed by atoms with Gasteiger partial charge in [0.05, 0.1) is 16.5 Å². The second-order valence-electron chi connectivity index (χ2n) is 8.85. The maximum absolute atomic E-state index is 14.8. The minimum atomic E-state index is -3.68. The van der Waals surface area contributed by atoms with Gasteiger partial charge in [-0.2, -0.15) is 4.31 Å². The fourth-order valence-electron chi connectivity index (χ4n) is 4.70. The number of hydrogen-bond acceptors (Lipinski definition) is 6. The van der Waals surface area contributed by atoms with Crippen LogP contribution in [0, 0.1) is 5.82 Å². The molecular weight excluding hydrogens is 487 g/mol. The van der Waals surface area contributed by atoms with E-state index in [1.54, 1.807) is 6.07 Å². The highest BCUT2D eigenvalue weighted by molar-refractivity contribution is 7.89. The van der Waals surface area contributed by atoms with Gasteiger partial charge in [-0.05, 0) is 49.6 Å². The van der Waals surface area contributed by atoms with Crippen LogP contribution >= 0.6 is 0 Å². The number of nitrogens with zero attached hydrogens (tertiary/aromatic N) is 2. The lowest BCUT2D eigenvalue weighted by atomic mass is 9.95. The number of aliphatic hydroxyl groups is 1. The van der Waals surface area contributed by atoms with Crippen molar-refractivity contribution in [1.82, 2.24) is 9.21 Å². The number of likely N-dealkylation sites (tertiary alicyclic amines) is 1. The first-order valence-electron chi connectivity index (χ1n) is 11.9. The molecule has 8 nitrogen and oxygen atoms in total. The number of amides is 1. The molecule has 2 aromatic rings. The maximum atomic E-state index is 14.8. The quantitative estimate of drug-likeness (QED) is 0.249. The van der Waals surface area contributed by atoms with Gasteiger partial charge in [0.25, 0.3) is 11.7 Å². The Hall–Kier alpha value is -3.08. The molecule has 2 fully saturated rings. The van der Waals surface area contributed by atoms with Crippen LogP contribution in [-0.4, -0.2) is 67.8 Å². The molecule has 0 bridgehead atoms. The average molecular weight is 517 g/mol. The molecule has 2 aliphatic rings. The van der Waals surface area contributed by atoms with Gasteiger partial charge in [0.1, 0.15) is 11.6 Å². The Balaban J connectivity index is 1.73. The van der Waals surface area contributed by atoms with Crippen LogP contribution in [0.2, 0.25) is 0 Å². The van der Waals surface area contributed by atoms with Crippen LogP contribution in [0.15, 0.2) is 59.0 Å². The number of hydrogen-bond donors (Lipinski definition) is 1. The smallest absolute Gasteiger partial charge is 0.295 e. The molecule has 0 saturated carbocycles. The Kier molecular flexibility index (Phi) is 7.87. The molecule has 4 rings (SSSR count). The van der Waals surface area contributed by atoms with Gasteiger partial charge >= 0.3 is 0 Å². The normalized spacial score (nSPS) is 20.7. The van der Waals surface area contributed by atoms with Gasteiger partial charge in [0.15, 0.2) is 0 Å². The lowest BCUT2D eigenvalue weighted by Crippen LogP contribution is -2.35. The van der Waals surface area contributed by atoms with E-state index in [0.29, 0.717) is 26.1 Å². The van der Waals surface area contributed by atoms with E-state index in [4.69, 9.17) is 4.74 Å². The van der Waals surface area contributed by atoms with Gasteiger partial charge in [-0.1, -0.05) is 24.6 Å². The molecule has 0 radical (unpaired) electrons. The Morgan fingerprint density at radius 2 is 1.72 bits per heavy atom. The van der Waals surface area contributed by atoms with Crippen molar-refractivity contribution in [3.8, 4) is 0 Å². The molecule has 192 valence electrons. The first-order valence-corrected chi connectivity index (χ1v) is 13.3. The topological polar surface area (TPSA) is 104 Å². The van der Waals surface area contributed by atoms with E-state index in [0.717, 1.165) is 19.3 Å². The monoisotopic (exact) mass is 516 g/mol. The first kappa shape index (κ1) is 26.0. The number of aliphatic hydroxyl groups excluding tert-OH is 1. The summed E-state index contributed by atoms with van der Waals surface area (Å²) in [5.74, 6) is -2.87. The van der Waals surface area contributed by atoms with Gasteiger partial charge in [0, 0.05) is 44.5 Å². The number of rotatable bonds is 8. The molecule has 2 saturated heterocycles. The Labute approximate surface area is 210 Å². The zero-order valence-corrected chi connectivity index (χ0v) is 20.8. The summed E-state index contributed by atoms with van der Waals surface area (Å²) in [6.07, 6.45) is 3.01. The number of piperidine rings is 1. The van der Waals surface area contributed by atoms with Crippen molar-refractivity contribution >= 4 is 27.5 Å². The van der Waals surface area contributed by atoms with Crippen LogP contribution in [0.1, 0.15) is 42.9 Å². The van der Waals surface area contributed by atoms with E-state index in [2.05, 4.69) is 0 Å². The molecule has 0 aliphatic carbocycles. The predicted octanol–water partition coefficient (Wildman–Crippen LogP) is 3.46. The number of halogens is 1. The van der Waals surface area contributed by atoms with Gasteiger partial charge in [0.2, 0.25) is 10.0 Å². The summed E-state index contributed by atoms with van der Waals surface area (Å²) in [6, 6.07) is 10.2.